The standard InChI is InChI=1S/C17H25N5.CH2O/c1-3-5-6-9-19-17(18)22-21-12-14-11-20-16-8-7-13(4-2)10-15(14)16;1-2/h7-8,10-12,20H,3-6,9H2,1-2H3,(H3,18,19,22);1H2/b21-12+;. The molecule has 2 aromatic rings. The normalized spacial score (nSPS) is 11.5. The molecule has 130 valence electrons. The lowest BCUT2D eigenvalue weighted by Gasteiger charge is -2.00. The minimum Gasteiger partial charge on any atom is -0.369 e. The van der Waals surface area contributed by atoms with E-state index in [0.29, 0.717) is 5.96 Å². The van der Waals surface area contributed by atoms with E-state index in [9.17, 15) is 0 Å². The van der Waals surface area contributed by atoms with Gasteiger partial charge in [0.05, 0.1) is 6.21 Å². The number of nitrogens with one attached hydrogen (secondary N) is 2. The summed E-state index contributed by atoms with van der Waals surface area (Å²) in [7, 11) is 0. The number of nitrogens with zero attached hydrogens (tertiary/aromatic N) is 2. The Hall–Kier alpha value is -2.63. The average molecular weight is 329 g/mol. The highest BCUT2D eigenvalue weighted by Gasteiger charge is 2.02. The molecule has 1 heterocycles. The Morgan fingerprint density at radius 3 is 2.83 bits per heavy atom. The van der Waals surface area contributed by atoms with Gasteiger partial charge in [0.1, 0.15) is 6.79 Å². The van der Waals surface area contributed by atoms with Crippen molar-refractivity contribution in [3.05, 3.63) is 35.5 Å². The summed E-state index contributed by atoms with van der Waals surface area (Å²) in [6.45, 7) is 7.06. The highest BCUT2D eigenvalue weighted by Crippen LogP contribution is 2.18. The van der Waals surface area contributed by atoms with E-state index in [1.54, 1.807) is 6.21 Å². The molecule has 0 aliphatic carbocycles. The van der Waals surface area contributed by atoms with Crippen molar-refractivity contribution in [3.63, 3.8) is 0 Å². The Balaban J connectivity index is 0.00000139. The van der Waals surface area contributed by atoms with Crippen molar-refractivity contribution in [1.29, 1.82) is 0 Å². The van der Waals surface area contributed by atoms with Crippen LogP contribution in [0.15, 0.2) is 34.5 Å². The number of unbranched alkanes of at least 4 members (excludes halogenated alkanes) is 2. The van der Waals surface area contributed by atoms with Gasteiger partial charge < -0.3 is 15.5 Å². The quantitative estimate of drug-likeness (QED) is 0.315. The summed E-state index contributed by atoms with van der Waals surface area (Å²) in [4.78, 5) is 15.5. The first-order valence-corrected chi connectivity index (χ1v) is 8.22. The van der Waals surface area contributed by atoms with Gasteiger partial charge >= 0.3 is 0 Å². The minimum atomic E-state index is 0.362. The highest BCUT2D eigenvalue weighted by molar-refractivity contribution is 5.99. The van der Waals surface area contributed by atoms with E-state index in [2.05, 4.69) is 52.6 Å². The van der Waals surface area contributed by atoms with Crippen LogP contribution in [0.3, 0.4) is 0 Å². The number of H-pyrrole nitrogens is 1. The van der Waals surface area contributed by atoms with Gasteiger partial charge in [-0.25, -0.2) is 5.43 Å². The number of carbonyl (C=O) groups excluding carboxylic acids is 1. The molecule has 0 spiro atoms. The van der Waals surface area contributed by atoms with Crippen LogP contribution in [0.2, 0.25) is 0 Å². The molecule has 0 radical (unpaired) electrons. The maximum absolute atomic E-state index is 8.00. The zero-order valence-corrected chi connectivity index (χ0v) is 14.5. The molecule has 0 fully saturated rings. The molecule has 0 saturated heterocycles. The Morgan fingerprint density at radius 2 is 2.12 bits per heavy atom. The predicted molar refractivity (Wildman–Crippen MR) is 102 cm³/mol. The van der Waals surface area contributed by atoms with Gasteiger partial charge in [0.15, 0.2) is 0 Å². The van der Waals surface area contributed by atoms with Gasteiger partial charge in [-0.05, 0) is 30.5 Å². The van der Waals surface area contributed by atoms with Crippen molar-refractivity contribution in [3.8, 4) is 0 Å². The van der Waals surface area contributed by atoms with Crippen LogP contribution in [0.4, 0.5) is 0 Å². The van der Waals surface area contributed by atoms with Gasteiger partial charge in [0, 0.05) is 29.2 Å². The fourth-order valence-electron chi connectivity index (χ4n) is 2.28. The maximum Gasteiger partial charge on any atom is 0.209 e. The first-order valence-electron chi connectivity index (χ1n) is 8.22. The Labute approximate surface area is 143 Å². The molecule has 0 amide bonds. The predicted octanol–water partition coefficient (Wildman–Crippen LogP) is 2.97. The van der Waals surface area contributed by atoms with E-state index in [1.807, 2.05) is 13.0 Å². The largest absolute Gasteiger partial charge is 0.369 e. The number of hydrogen-bond donors (Lipinski definition) is 3. The molecule has 1 aromatic heterocycles. The van der Waals surface area contributed by atoms with Gasteiger partial charge in [-0.2, -0.15) is 5.10 Å². The number of aryl methyl sites for hydroxylation is 1. The molecule has 6 heteroatoms. The Kier molecular flexibility index (Phi) is 8.89. The molecule has 0 atom stereocenters. The van der Waals surface area contributed by atoms with Crippen LogP contribution in [0.5, 0.6) is 0 Å². The van der Waals surface area contributed by atoms with Crippen molar-refractivity contribution < 1.29 is 4.79 Å². The topological polar surface area (TPSA) is 95.6 Å². The first-order chi connectivity index (χ1) is 11.7. The van der Waals surface area contributed by atoms with E-state index in [0.717, 1.165) is 30.5 Å². The number of guanidine groups is 1. The second-order valence-corrected chi connectivity index (χ2v) is 5.32. The number of benzene rings is 1. The Bertz CT molecular complexity index is 675. The summed E-state index contributed by atoms with van der Waals surface area (Å²) in [5.41, 5.74) is 12.0. The molecule has 6 nitrogen and oxygen atoms in total. The second-order valence-electron chi connectivity index (χ2n) is 5.32. The number of aliphatic imine (C=N–C) groups is 1. The molecule has 0 bridgehead atoms. The van der Waals surface area contributed by atoms with Crippen LogP contribution in [0, 0.1) is 0 Å². The number of hydrogen-bond acceptors (Lipinski definition) is 3. The number of carbonyl (C=O) groups is 1. The lowest BCUT2D eigenvalue weighted by atomic mass is 10.1. The van der Waals surface area contributed by atoms with Crippen LogP contribution in [-0.4, -0.2) is 30.5 Å². The minimum absolute atomic E-state index is 0.362. The van der Waals surface area contributed by atoms with Gasteiger partial charge in [0.2, 0.25) is 5.96 Å². The van der Waals surface area contributed by atoms with Crippen molar-refractivity contribution in [2.45, 2.75) is 39.5 Å². The molecule has 2 rings (SSSR count). The van der Waals surface area contributed by atoms with Crippen LogP contribution in [-0.2, 0) is 11.2 Å². The van der Waals surface area contributed by atoms with E-state index >= 15 is 0 Å². The Morgan fingerprint density at radius 1 is 1.33 bits per heavy atom. The van der Waals surface area contributed by atoms with Gasteiger partial charge in [-0.3, -0.25) is 4.99 Å². The average Bonchev–Trinajstić information content (AvgIpc) is 3.03. The zero-order chi connectivity index (χ0) is 17.8. The van der Waals surface area contributed by atoms with E-state index in [1.165, 1.54) is 23.8 Å². The summed E-state index contributed by atoms with van der Waals surface area (Å²) in [6.07, 6.45) is 8.16. The summed E-state index contributed by atoms with van der Waals surface area (Å²) >= 11 is 0. The number of aromatic amines is 1. The van der Waals surface area contributed by atoms with Crippen molar-refractivity contribution in [2.24, 2.45) is 15.8 Å². The number of aromatic nitrogens is 1. The monoisotopic (exact) mass is 329 g/mol. The van der Waals surface area contributed by atoms with Gasteiger partial charge in [-0.15, -0.1) is 0 Å². The fraction of sp³-hybridized carbons (Fsp3) is 0.389. The van der Waals surface area contributed by atoms with Crippen molar-refractivity contribution >= 4 is 29.9 Å². The van der Waals surface area contributed by atoms with Gasteiger partial charge in [-0.1, -0.05) is 32.8 Å². The maximum atomic E-state index is 8.00. The molecule has 0 unspecified atom stereocenters. The summed E-state index contributed by atoms with van der Waals surface area (Å²) in [6, 6.07) is 6.43. The lowest BCUT2D eigenvalue weighted by molar-refractivity contribution is -0.0979. The smallest absolute Gasteiger partial charge is 0.209 e. The van der Waals surface area contributed by atoms with Crippen LogP contribution < -0.4 is 11.2 Å². The molecular weight excluding hydrogens is 302 g/mol. The van der Waals surface area contributed by atoms with E-state index < -0.39 is 0 Å². The number of nitrogens with two attached hydrogens (primary N) is 1. The lowest BCUT2D eigenvalue weighted by Crippen LogP contribution is -2.27. The third-order valence-corrected chi connectivity index (χ3v) is 3.61. The molecule has 0 aliphatic heterocycles. The highest BCUT2D eigenvalue weighted by atomic mass is 16.1. The molecule has 24 heavy (non-hydrogen) atoms. The first kappa shape index (κ1) is 19.4. The summed E-state index contributed by atoms with van der Waals surface area (Å²) in [5.74, 6) is 0.362. The SMILES string of the molecule is C=O.CCCCCN=C(N)N/N=C/c1c[nH]c2ccc(CC)cc12. The van der Waals surface area contributed by atoms with Crippen molar-refractivity contribution in [2.75, 3.05) is 6.54 Å². The summed E-state index contributed by atoms with van der Waals surface area (Å²) in [5, 5.41) is 5.34. The number of fused-ring (bicyclic) bond motifs is 1. The molecule has 4 N–H and O–H groups in total. The number of rotatable bonds is 7. The molecule has 0 saturated carbocycles. The number of hydrazone groups is 1. The van der Waals surface area contributed by atoms with Crippen LogP contribution >= 0.6 is 0 Å². The third-order valence-electron chi connectivity index (χ3n) is 3.61. The van der Waals surface area contributed by atoms with Crippen LogP contribution in [0.25, 0.3) is 10.9 Å². The molecular formula is C18H27N5O. The zero-order valence-electron chi connectivity index (χ0n) is 14.5. The second kappa shape index (κ2) is 11.0. The van der Waals surface area contributed by atoms with Crippen LogP contribution in [0.1, 0.15) is 44.2 Å². The van der Waals surface area contributed by atoms with Crippen molar-refractivity contribution in [1.82, 2.24) is 10.4 Å². The summed E-state index contributed by atoms with van der Waals surface area (Å²) < 4.78 is 0. The fourth-order valence-corrected chi connectivity index (χ4v) is 2.28. The van der Waals surface area contributed by atoms with E-state index in [4.69, 9.17) is 10.5 Å². The van der Waals surface area contributed by atoms with E-state index in [-0.39, 0.29) is 0 Å². The third kappa shape index (κ3) is 5.87. The van der Waals surface area contributed by atoms with Gasteiger partial charge in [0.25, 0.3) is 0 Å². The molecule has 0 aliphatic rings. The molecule has 1 aromatic carbocycles.